The van der Waals surface area contributed by atoms with Crippen molar-refractivity contribution in [3.8, 4) is 0 Å². The largest absolute Gasteiger partial charge is 0.448 e. The minimum absolute atomic E-state index is 0.728. The van der Waals surface area contributed by atoms with Gasteiger partial charge < -0.3 is 4.42 Å². The molecule has 0 saturated carbocycles. The fraction of sp³-hybridized carbons (Fsp3) is 0. The number of furan rings is 1. The second-order valence-corrected chi connectivity index (χ2v) is 8.28. The van der Waals surface area contributed by atoms with Crippen LogP contribution in [-0.2, 0) is 0 Å². The summed E-state index contributed by atoms with van der Waals surface area (Å²) in [5, 5.41) is 3.21. The average Bonchev–Trinajstić information content (AvgIpc) is 3.32. The van der Waals surface area contributed by atoms with Gasteiger partial charge in [-0.2, -0.15) is 0 Å². The van der Waals surface area contributed by atoms with Crippen molar-refractivity contribution in [1.82, 2.24) is 4.98 Å². The van der Waals surface area contributed by atoms with Crippen LogP contribution in [0.15, 0.2) is 97.7 Å². The van der Waals surface area contributed by atoms with Crippen LogP contribution in [0.2, 0.25) is 0 Å². The van der Waals surface area contributed by atoms with Crippen molar-refractivity contribution in [2.75, 3.05) is 0 Å². The van der Waals surface area contributed by atoms with E-state index >= 15 is 0 Å². The predicted octanol–water partition coefficient (Wildman–Crippen LogP) is 6.94. The molecule has 2 heterocycles. The third kappa shape index (κ3) is 3.52. The normalized spacial score (nSPS) is 11.7. The lowest BCUT2D eigenvalue weighted by molar-refractivity contribution is 0.469. The smallest absolute Gasteiger partial charge is 0.168 e. The summed E-state index contributed by atoms with van der Waals surface area (Å²) in [7, 11) is 0. The minimum Gasteiger partial charge on any atom is -0.448 e. The Bertz CT molecular complexity index is 1240. The van der Waals surface area contributed by atoms with E-state index < -0.39 is 0 Å². The molecule has 0 N–H and O–H groups in total. The van der Waals surface area contributed by atoms with Gasteiger partial charge in [0.25, 0.3) is 0 Å². The molecule has 2 aromatic heterocycles. The van der Waals surface area contributed by atoms with Gasteiger partial charge in [-0.05, 0) is 58.9 Å². The molecule has 0 aliphatic rings. The molecule has 0 aliphatic carbocycles. The molecular formula is C22H14N2OS2. The maximum absolute atomic E-state index is 5.87. The molecule has 0 radical (unpaired) electrons. The molecule has 3 nitrogen and oxygen atoms in total. The highest BCUT2D eigenvalue weighted by Crippen LogP contribution is 2.35. The predicted molar refractivity (Wildman–Crippen MR) is 114 cm³/mol. The van der Waals surface area contributed by atoms with Crippen molar-refractivity contribution >= 4 is 56.0 Å². The van der Waals surface area contributed by atoms with Crippen molar-refractivity contribution in [2.45, 2.75) is 9.43 Å². The van der Waals surface area contributed by atoms with Gasteiger partial charge in [0.1, 0.15) is 5.76 Å². The highest BCUT2D eigenvalue weighted by atomic mass is 32.2. The van der Waals surface area contributed by atoms with Crippen molar-refractivity contribution in [1.29, 1.82) is 0 Å². The zero-order valence-electron chi connectivity index (χ0n) is 14.2. The summed E-state index contributed by atoms with van der Waals surface area (Å²) in [5.74, 6) is 0.728. The molecule has 5 heteroatoms. The zero-order valence-corrected chi connectivity index (χ0v) is 15.8. The van der Waals surface area contributed by atoms with Crippen LogP contribution in [0.5, 0.6) is 0 Å². The van der Waals surface area contributed by atoms with Gasteiger partial charge in [-0.25, -0.2) is 4.98 Å². The number of rotatable bonds is 4. The standard InChI is InChI=1S/C22H14N2OS2/c1-2-6-16-13-17(10-9-15(16)5-1)23-14-18-11-12-21(25-18)27-22-24-19-7-3-4-8-20(19)26-22/h1-14H. The third-order valence-corrected chi connectivity index (χ3v) is 6.16. The number of fused-ring (bicyclic) bond motifs is 2. The number of hydrogen-bond acceptors (Lipinski definition) is 5. The van der Waals surface area contributed by atoms with Crippen molar-refractivity contribution in [3.05, 3.63) is 84.6 Å². The molecule has 0 bridgehead atoms. The van der Waals surface area contributed by atoms with E-state index in [-0.39, 0.29) is 0 Å². The van der Waals surface area contributed by atoms with E-state index in [4.69, 9.17) is 4.42 Å². The quantitative estimate of drug-likeness (QED) is 0.314. The fourth-order valence-electron chi connectivity index (χ4n) is 2.83. The molecule has 0 spiro atoms. The molecule has 27 heavy (non-hydrogen) atoms. The minimum atomic E-state index is 0.728. The Morgan fingerprint density at radius 3 is 2.67 bits per heavy atom. The number of aromatic nitrogens is 1. The van der Waals surface area contributed by atoms with Crippen molar-refractivity contribution < 1.29 is 4.42 Å². The fourth-order valence-corrected chi connectivity index (χ4v) is 4.80. The van der Waals surface area contributed by atoms with Crippen LogP contribution in [0.4, 0.5) is 5.69 Å². The summed E-state index contributed by atoms with van der Waals surface area (Å²) in [4.78, 5) is 9.17. The summed E-state index contributed by atoms with van der Waals surface area (Å²) in [5.41, 5.74) is 1.93. The lowest BCUT2D eigenvalue weighted by atomic mass is 10.1. The van der Waals surface area contributed by atoms with E-state index in [0.717, 1.165) is 26.4 Å². The first-order valence-corrected chi connectivity index (χ1v) is 10.1. The van der Waals surface area contributed by atoms with Crippen molar-refractivity contribution in [2.24, 2.45) is 4.99 Å². The summed E-state index contributed by atoms with van der Waals surface area (Å²) in [6.45, 7) is 0. The van der Waals surface area contributed by atoms with Gasteiger partial charge >= 0.3 is 0 Å². The second-order valence-electron chi connectivity index (χ2n) is 6.00. The molecular weight excluding hydrogens is 372 g/mol. The molecule has 0 atom stereocenters. The SMILES string of the molecule is C(=Nc1ccc2ccccc2c1)c1ccc(Sc2nc3ccccc3s2)o1. The van der Waals surface area contributed by atoms with Crippen LogP contribution in [-0.4, -0.2) is 11.2 Å². The van der Waals surface area contributed by atoms with Gasteiger partial charge in [-0.3, -0.25) is 4.99 Å². The molecule has 0 amide bonds. The van der Waals surface area contributed by atoms with E-state index in [1.807, 2.05) is 48.5 Å². The molecule has 0 aliphatic heterocycles. The Morgan fingerprint density at radius 2 is 1.74 bits per heavy atom. The van der Waals surface area contributed by atoms with E-state index in [1.165, 1.54) is 27.2 Å². The molecule has 3 aromatic carbocycles. The molecule has 0 unspecified atom stereocenters. The van der Waals surface area contributed by atoms with Gasteiger partial charge in [0.15, 0.2) is 9.43 Å². The van der Waals surface area contributed by atoms with Gasteiger partial charge in [0, 0.05) is 0 Å². The van der Waals surface area contributed by atoms with E-state index in [1.54, 1.807) is 17.6 Å². The summed E-state index contributed by atoms with van der Waals surface area (Å²) in [6, 6.07) is 26.5. The average molecular weight is 387 g/mol. The third-order valence-electron chi connectivity index (χ3n) is 4.14. The Labute approximate surface area is 164 Å². The first kappa shape index (κ1) is 16.3. The first-order chi connectivity index (χ1) is 13.3. The molecule has 5 aromatic rings. The van der Waals surface area contributed by atoms with E-state index in [0.29, 0.717) is 0 Å². The highest BCUT2D eigenvalue weighted by molar-refractivity contribution is 8.01. The number of benzene rings is 3. The van der Waals surface area contributed by atoms with Gasteiger partial charge in [-0.15, -0.1) is 11.3 Å². The number of thiazole rings is 1. The monoisotopic (exact) mass is 386 g/mol. The van der Waals surface area contributed by atoms with Crippen LogP contribution in [0.25, 0.3) is 21.0 Å². The Hall–Kier alpha value is -2.89. The van der Waals surface area contributed by atoms with Gasteiger partial charge in [0.05, 0.1) is 22.1 Å². The summed E-state index contributed by atoms with van der Waals surface area (Å²) in [6.07, 6.45) is 1.76. The lowest BCUT2D eigenvalue weighted by Crippen LogP contribution is -1.75. The van der Waals surface area contributed by atoms with Gasteiger partial charge in [-0.1, -0.05) is 42.5 Å². The Kier molecular flexibility index (Phi) is 4.24. The molecule has 0 fully saturated rings. The summed E-state index contributed by atoms with van der Waals surface area (Å²) >= 11 is 3.21. The van der Waals surface area contributed by atoms with Crippen LogP contribution < -0.4 is 0 Å². The van der Waals surface area contributed by atoms with Crippen LogP contribution in [0, 0.1) is 0 Å². The summed E-state index contributed by atoms with van der Waals surface area (Å²) < 4.78 is 8.03. The number of aliphatic imine (C=N–C) groups is 1. The Morgan fingerprint density at radius 1 is 0.889 bits per heavy atom. The zero-order chi connectivity index (χ0) is 18.1. The topological polar surface area (TPSA) is 38.4 Å². The number of nitrogens with zero attached hydrogens (tertiary/aromatic N) is 2. The van der Waals surface area contributed by atoms with Gasteiger partial charge in [0.2, 0.25) is 0 Å². The van der Waals surface area contributed by atoms with Crippen LogP contribution >= 0.6 is 23.1 Å². The molecule has 130 valence electrons. The number of hydrogen-bond donors (Lipinski definition) is 0. The molecule has 0 saturated heterocycles. The van der Waals surface area contributed by atoms with Crippen LogP contribution in [0.1, 0.15) is 5.76 Å². The lowest BCUT2D eigenvalue weighted by Gasteiger charge is -1.98. The maximum atomic E-state index is 5.87. The highest BCUT2D eigenvalue weighted by Gasteiger charge is 2.08. The maximum Gasteiger partial charge on any atom is 0.168 e. The van der Waals surface area contributed by atoms with Crippen LogP contribution in [0.3, 0.4) is 0 Å². The van der Waals surface area contributed by atoms with Crippen molar-refractivity contribution in [3.63, 3.8) is 0 Å². The molecule has 5 rings (SSSR count). The van der Waals surface area contributed by atoms with E-state index in [2.05, 4.69) is 40.3 Å². The van der Waals surface area contributed by atoms with E-state index in [9.17, 15) is 0 Å². The first-order valence-electron chi connectivity index (χ1n) is 8.50. The second kappa shape index (κ2) is 7.02. The Balaban J connectivity index is 1.34. The number of para-hydroxylation sites is 1.